The fourth-order valence-corrected chi connectivity index (χ4v) is 5.47. The monoisotopic (exact) mass is 579 g/mol. The highest BCUT2D eigenvalue weighted by Gasteiger charge is 2.34. The lowest BCUT2D eigenvalue weighted by Crippen LogP contribution is -2.31. The normalized spacial score (nSPS) is 14.8. The minimum atomic E-state index is -0.452. The van der Waals surface area contributed by atoms with Gasteiger partial charge in [-0.1, -0.05) is 81.3 Å². The smallest absolute Gasteiger partial charge is 0.255 e. The number of thioether (sulfide) groups is 1. The van der Waals surface area contributed by atoms with Gasteiger partial charge in [0.15, 0.2) is 0 Å². The summed E-state index contributed by atoms with van der Waals surface area (Å²) < 4.78 is 2.72. The van der Waals surface area contributed by atoms with Crippen molar-refractivity contribution in [2.45, 2.75) is 30.8 Å². The molecule has 5 rings (SSSR count). The second-order valence-corrected chi connectivity index (χ2v) is 10.8. The van der Waals surface area contributed by atoms with Crippen molar-refractivity contribution < 1.29 is 4.79 Å². The Bertz CT molecular complexity index is 1470. The number of carbonyl (C=O) groups excluding carboxylic acids is 1. The van der Waals surface area contributed by atoms with Crippen LogP contribution in [0.4, 0.5) is 11.6 Å². The van der Waals surface area contributed by atoms with E-state index in [9.17, 15) is 4.79 Å². The van der Waals surface area contributed by atoms with E-state index < -0.39 is 6.04 Å². The van der Waals surface area contributed by atoms with Crippen LogP contribution < -0.4 is 10.6 Å². The number of aromatic nitrogens is 3. The van der Waals surface area contributed by atoms with Gasteiger partial charge in [0, 0.05) is 26.6 Å². The molecule has 0 radical (unpaired) electrons. The van der Waals surface area contributed by atoms with Gasteiger partial charge >= 0.3 is 0 Å². The Balaban J connectivity index is 1.48. The van der Waals surface area contributed by atoms with Gasteiger partial charge < -0.3 is 10.6 Å². The molecule has 2 N–H and O–H groups in total. The highest BCUT2D eigenvalue weighted by molar-refractivity contribution is 9.10. The fraction of sp³-hybridized carbons (Fsp3) is 0.148. The van der Waals surface area contributed by atoms with Gasteiger partial charge in [-0.3, -0.25) is 4.79 Å². The quantitative estimate of drug-likeness (QED) is 0.236. The Labute approximate surface area is 227 Å². The summed E-state index contributed by atoms with van der Waals surface area (Å²) >= 11 is 11.1. The summed E-state index contributed by atoms with van der Waals surface area (Å²) in [5.74, 6) is 1.14. The molecule has 3 aromatic carbocycles. The Morgan fingerprint density at radius 1 is 1.11 bits per heavy atom. The summed E-state index contributed by atoms with van der Waals surface area (Å²) in [5.41, 5.74) is 5.31. The fourth-order valence-electron chi connectivity index (χ4n) is 4.15. The second kappa shape index (κ2) is 10.5. The first-order chi connectivity index (χ1) is 17.4. The third-order valence-electron chi connectivity index (χ3n) is 5.79. The first-order valence-corrected chi connectivity index (χ1v) is 13.5. The van der Waals surface area contributed by atoms with Crippen LogP contribution in [0, 0.1) is 6.92 Å². The molecule has 1 aromatic heterocycles. The van der Waals surface area contributed by atoms with Crippen LogP contribution in [0.5, 0.6) is 0 Å². The molecular weight excluding hydrogens is 558 g/mol. The number of carbonyl (C=O) groups is 1. The molecule has 1 aliphatic rings. The maximum absolute atomic E-state index is 13.6. The van der Waals surface area contributed by atoms with E-state index >= 15 is 0 Å². The molecule has 0 saturated carbocycles. The van der Waals surface area contributed by atoms with Gasteiger partial charge in [-0.15, -0.1) is 5.10 Å². The molecule has 0 unspecified atom stereocenters. The van der Waals surface area contributed by atoms with Gasteiger partial charge in [0.25, 0.3) is 5.91 Å². The minimum absolute atomic E-state index is 0.220. The zero-order chi connectivity index (χ0) is 25.2. The minimum Gasteiger partial charge on any atom is -0.328 e. The van der Waals surface area contributed by atoms with Gasteiger partial charge in [-0.2, -0.15) is 4.98 Å². The van der Waals surface area contributed by atoms with Crippen molar-refractivity contribution in [3.8, 4) is 0 Å². The number of amides is 1. The number of benzene rings is 3. The lowest BCUT2D eigenvalue weighted by Gasteiger charge is -2.28. The zero-order valence-electron chi connectivity index (χ0n) is 19.6. The number of aryl methyl sites for hydroxylation is 1. The molecular formula is C27H23BrClN5OS. The summed E-state index contributed by atoms with van der Waals surface area (Å²) in [4.78, 5) is 18.3. The lowest BCUT2D eigenvalue weighted by atomic mass is 9.95. The van der Waals surface area contributed by atoms with Crippen molar-refractivity contribution in [2.24, 2.45) is 0 Å². The zero-order valence-corrected chi connectivity index (χ0v) is 22.8. The molecule has 4 aromatic rings. The van der Waals surface area contributed by atoms with E-state index in [0.29, 0.717) is 27.4 Å². The summed E-state index contributed by atoms with van der Waals surface area (Å²) in [6, 6.07) is 22.9. The average Bonchev–Trinajstić information content (AvgIpc) is 3.25. The number of hydrogen-bond acceptors (Lipinski definition) is 5. The van der Waals surface area contributed by atoms with Gasteiger partial charge in [0.05, 0.1) is 5.57 Å². The number of hydrogen-bond donors (Lipinski definition) is 2. The van der Waals surface area contributed by atoms with Crippen LogP contribution >= 0.6 is 39.3 Å². The SMILES string of the molecule is CC1=C(C(=O)Nc2ccc(Cl)cc2)[C@H](c2cccc(Br)c2)n2nc(SCc3cccc(C)c3)nc2N1. The summed E-state index contributed by atoms with van der Waals surface area (Å²) in [6.45, 7) is 3.97. The largest absolute Gasteiger partial charge is 0.328 e. The maximum atomic E-state index is 13.6. The number of rotatable bonds is 6. The Morgan fingerprint density at radius 3 is 2.64 bits per heavy atom. The number of fused-ring (bicyclic) bond motifs is 1. The molecule has 2 heterocycles. The summed E-state index contributed by atoms with van der Waals surface area (Å²) in [6.07, 6.45) is 0. The van der Waals surface area contributed by atoms with Gasteiger partial charge in [-0.05, 0) is 61.4 Å². The lowest BCUT2D eigenvalue weighted by molar-refractivity contribution is -0.113. The number of allylic oxidation sites excluding steroid dienone is 1. The van der Waals surface area contributed by atoms with E-state index in [0.717, 1.165) is 21.5 Å². The van der Waals surface area contributed by atoms with Crippen molar-refractivity contribution in [3.05, 3.63) is 110 Å². The maximum Gasteiger partial charge on any atom is 0.255 e. The molecule has 0 fully saturated rings. The average molecular weight is 581 g/mol. The molecule has 0 saturated heterocycles. The van der Waals surface area contributed by atoms with Crippen molar-refractivity contribution >= 4 is 56.8 Å². The predicted octanol–water partition coefficient (Wildman–Crippen LogP) is 7.22. The van der Waals surface area contributed by atoms with E-state index in [-0.39, 0.29) is 5.91 Å². The molecule has 9 heteroatoms. The van der Waals surface area contributed by atoms with Crippen molar-refractivity contribution in [1.82, 2.24) is 14.8 Å². The third-order valence-corrected chi connectivity index (χ3v) is 7.45. The second-order valence-electron chi connectivity index (χ2n) is 8.52. The molecule has 6 nitrogen and oxygen atoms in total. The van der Waals surface area contributed by atoms with Gasteiger partial charge in [0.1, 0.15) is 6.04 Å². The van der Waals surface area contributed by atoms with Gasteiger partial charge in [0.2, 0.25) is 11.1 Å². The number of halogens is 2. The standard InChI is InChI=1S/C27H23BrClN5OS/c1-16-5-3-6-18(13-16)15-36-27-32-26-30-17(2)23(25(35)31-22-11-9-21(29)10-12-22)24(34(26)33-27)19-7-4-8-20(28)14-19/h3-14,24H,15H2,1-2H3,(H,31,35)(H,30,32,33)/t24-/m0/s1. The third kappa shape index (κ3) is 5.36. The Kier molecular flexibility index (Phi) is 7.18. The molecule has 0 aliphatic carbocycles. The van der Waals surface area contributed by atoms with Crippen LogP contribution in [0.15, 0.2) is 93.7 Å². The van der Waals surface area contributed by atoms with Crippen LogP contribution in [-0.4, -0.2) is 20.7 Å². The van der Waals surface area contributed by atoms with Crippen molar-refractivity contribution in [1.29, 1.82) is 0 Å². The molecule has 1 amide bonds. The van der Waals surface area contributed by atoms with E-state index in [1.807, 2.05) is 31.2 Å². The van der Waals surface area contributed by atoms with Crippen LogP contribution in [-0.2, 0) is 10.5 Å². The Morgan fingerprint density at radius 2 is 1.89 bits per heavy atom. The molecule has 1 atom stereocenters. The van der Waals surface area contributed by atoms with Crippen LogP contribution in [0.25, 0.3) is 0 Å². The topological polar surface area (TPSA) is 71.8 Å². The van der Waals surface area contributed by atoms with Crippen molar-refractivity contribution in [2.75, 3.05) is 10.6 Å². The first-order valence-electron chi connectivity index (χ1n) is 11.3. The summed E-state index contributed by atoms with van der Waals surface area (Å²) in [5, 5.41) is 12.4. The van der Waals surface area contributed by atoms with E-state index in [2.05, 4.69) is 57.8 Å². The van der Waals surface area contributed by atoms with Gasteiger partial charge in [-0.25, -0.2) is 4.68 Å². The molecule has 0 bridgehead atoms. The highest BCUT2D eigenvalue weighted by Crippen LogP contribution is 2.37. The highest BCUT2D eigenvalue weighted by atomic mass is 79.9. The number of anilines is 2. The number of nitrogens with one attached hydrogen (secondary N) is 2. The Hall–Kier alpha value is -3.07. The van der Waals surface area contributed by atoms with Crippen molar-refractivity contribution in [3.63, 3.8) is 0 Å². The van der Waals surface area contributed by atoms with Crippen LogP contribution in [0.1, 0.15) is 29.7 Å². The predicted molar refractivity (Wildman–Crippen MR) is 149 cm³/mol. The van der Waals surface area contributed by atoms with E-state index in [4.69, 9.17) is 21.7 Å². The van der Waals surface area contributed by atoms with E-state index in [1.54, 1.807) is 40.7 Å². The van der Waals surface area contributed by atoms with Crippen LogP contribution in [0.2, 0.25) is 5.02 Å². The molecule has 1 aliphatic heterocycles. The summed E-state index contributed by atoms with van der Waals surface area (Å²) in [7, 11) is 0. The first kappa shape index (κ1) is 24.6. The number of nitrogens with zero attached hydrogens (tertiary/aromatic N) is 3. The molecule has 182 valence electrons. The molecule has 0 spiro atoms. The van der Waals surface area contributed by atoms with E-state index in [1.165, 1.54) is 11.1 Å². The van der Waals surface area contributed by atoms with Crippen LogP contribution in [0.3, 0.4) is 0 Å². The molecule has 36 heavy (non-hydrogen) atoms.